The Kier molecular flexibility index (Phi) is 3.80. The number of rotatable bonds is 3. The van der Waals surface area contributed by atoms with Crippen LogP contribution in [0.3, 0.4) is 0 Å². The molecule has 0 bridgehead atoms. The van der Waals surface area contributed by atoms with Crippen LogP contribution in [0.25, 0.3) is 11.1 Å². The lowest BCUT2D eigenvalue weighted by molar-refractivity contribution is 1.59. The van der Waals surface area contributed by atoms with E-state index in [0.29, 0.717) is 0 Å². The zero-order valence-electron chi connectivity index (χ0n) is 11.5. The molecule has 2 N–H and O–H groups in total. The van der Waals surface area contributed by atoms with Gasteiger partial charge in [-0.2, -0.15) is 0 Å². The molecule has 0 radical (unpaired) electrons. The average Bonchev–Trinajstić information content (AvgIpc) is 2.56. The van der Waals surface area contributed by atoms with Gasteiger partial charge in [0.15, 0.2) is 0 Å². The molecule has 102 valence electrons. The number of nitrogen functional groups attached to an aromatic ring is 1. The normalized spacial score (nSPS) is 10.3. The maximum atomic E-state index is 5.71. The molecule has 0 heterocycles. The molecule has 0 atom stereocenters. The van der Waals surface area contributed by atoms with Crippen LogP contribution in [0.4, 0.5) is 5.69 Å². The van der Waals surface area contributed by atoms with Crippen LogP contribution in [-0.2, 0) is 0 Å². The van der Waals surface area contributed by atoms with Crippen molar-refractivity contribution in [2.75, 3.05) is 5.73 Å². The van der Waals surface area contributed by atoms with E-state index in [9.17, 15) is 0 Å². The zero-order chi connectivity index (χ0) is 14.7. The smallest absolute Gasteiger partial charge is 0.0521 e. The molecule has 1 nitrogen and oxygen atoms in total. The Morgan fingerprint density at radius 3 is 1.67 bits per heavy atom. The van der Waals surface area contributed by atoms with Gasteiger partial charge in [0, 0.05) is 5.69 Å². The SMILES string of the molecule is Nc1ccc(C(=S)c2ccc(-c3ccccc3)cc2)cc1. The first-order chi connectivity index (χ1) is 10.2. The summed E-state index contributed by atoms with van der Waals surface area (Å²) in [5, 5.41) is 0. The average molecular weight is 289 g/mol. The number of thiocarbonyl (C=S) groups is 1. The van der Waals surface area contributed by atoms with Crippen LogP contribution in [0.1, 0.15) is 11.1 Å². The van der Waals surface area contributed by atoms with Crippen LogP contribution in [0, 0.1) is 0 Å². The van der Waals surface area contributed by atoms with Crippen LogP contribution in [0.5, 0.6) is 0 Å². The number of hydrogen-bond acceptors (Lipinski definition) is 2. The fourth-order valence-corrected chi connectivity index (χ4v) is 2.52. The number of benzene rings is 3. The summed E-state index contributed by atoms with van der Waals surface area (Å²) in [5.74, 6) is 0. The van der Waals surface area contributed by atoms with Crippen molar-refractivity contribution in [1.82, 2.24) is 0 Å². The van der Waals surface area contributed by atoms with Crippen LogP contribution in [-0.4, -0.2) is 4.86 Å². The summed E-state index contributed by atoms with van der Waals surface area (Å²) in [7, 11) is 0. The maximum Gasteiger partial charge on any atom is 0.0521 e. The van der Waals surface area contributed by atoms with Crippen molar-refractivity contribution >= 4 is 22.8 Å². The number of nitrogens with two attached hydrogens (primary N) is 1. The topological polar surface area (TPSA) is 26.0 Å². The maximum absolute atomic E-state index is 5.71. The molecule has 3 rings (SSSR count). The first-order valence-electron chi connectivity index (χ1n) is 6.80. The first kappa shape index (κ1) is 13.5. The predicted octanol–water partition coefficient (Wildman–Crippen LogP) is 4.70. The van der Waals surface area contributed by atoms with Crippen molar-refractivity contribution in [3.63, 3.8) is 0 Å². The van der Waals surface area contributed by atoms with Gasteiger partial charge in [0.05, 0.1) is 4.86 Å². The minimum Gasteiger partial charge on any atom is -0.399 e. The summed E-state index contributed by atoms with van der Waals surface area (Å²) in [4.78, 5) is 0.842. The molecule has 0 aliphatic heterocycles. The molecule has 21 heavy (non-hydrogen) atoms. The van der Waals surface area contributed by atoms with Gasteiger partial charge in [-0.25, -0.2) is 0 Å². The lowest BCUT2D eigenvalue weighted by Crippen LogP contribution is -1.99. The monoisotopic (exact) mass is 289 g/mol. The zero-order valence-corrected chi connectivity index (χ0v) is 12.3. The highest BCUT2D eigenvalue weighted by molar-refractivity contribution is 7.81. The molecule has 0 aliphatic carbocycles. The van der Waals surface area contributed by atoms with E-state index in [4.69, 9.17) is 18.0 Å². The molecule has 0 saturated heterocycles. The van der Waals surface area contributed by atoms with Crippen LogP contribution in [0.15, 0.2) is 78.9 Å². The van der Waals surface area contributed by atoms with E-state index in [1.165, 1.54) is 11.1 Å². The molecule has 0 amide bonds. The highest BCUT2D eigenvalue weighted by Crippen LogP contribution is 2.21. The fraction of sp³-hybridized carbons (Fsp3) is 0. The Morgan fingerprint density at radius 2 is 1.10 bits per heavy atom. The Bertz CT molecular complexity index is 744. The van der Waals surface area contributed by atoms with E-state index < -0.39 is 0 Å². The third-order valence-electron chi connectivity index (χ3n) is 3.43. The van der Waals surface area contributed by atoms with Crippen molar-refractivity contribution in [3.8, 4) is 11.1 Å². The molecular formula is C19H15NS. The van der Waals surface area contributed by atoms with Crippen molar-refractivity contribution in [1.29, 1.82) is 0 Å². The van der Waals surface area contributed by atoms with Gasteiger partial charge < -0.3 is 5.73 Å². The van der Waals surface area contributed by atoms with Gasteiger partial charge in [-0.1, -0.05) is 78.9 Å². The first-order valence-corrected chi connectivity index (χ1v) is 7.20. The Hall–Kier alpha value is -2.45. The molecule has 3 aromatic rings. The lowest BCUT2D eigenvalue weighted by atomic mass is 10.00. The molecule has 0 fully saturated rings. The Morgan fingerprint density at radius 1 is 0.619 bits per heavy atom. The standard InChI is InChI=1S/C19H15NS/c20-18-12-10-17(11-13-18)19(21)16-8-6-15(7-9-16)14-4-2-1-3-5-14/h1-13H,20H2. The van der Waals surface area contributed by atoms with Gasteiger partial charge in [0.25, 0.3) is 0 Å². The van der Waals surface area contributed by atoms with Gasteiger partial charge in [0.1, 0.15) is 0 Å². The van der Waals surface area contributed by atoms with Crippen LogP contribution >= 0.6 is 12.2 Å². The van der Waals surface area contributed by atoms with E-state index >= 15 is 0 Å². The number of hydrogen-bond donors (Lipinski definition) is 1. The Balaban J connectivity index is 1.87. The van der Waals surface area contributed by atoms with Crippen molar-refractivity contribution in [2.24, 2.45) is 0 Å². The lowest BCUT2D eigenvalue weighted by Gasteiger charge is -2.07. The van der Waals surface area contributed by atoms with Crippen LogP contribution < -0.4 is 5.73 Å². The van der Waals surface area contributed by atoms with E-state index in [-0.39, 0.29) is 0 Å². The highest BCUT2D eigenvalue weighted by atomic mass is 32.1. The molecule has 2 heteroatoms. The summed E-state index contributed by atoms with van der Waals surface area (Å²) in [6.45, 7) is 0. The van der Waals surface area contributed by atoms with Crippen molar-refractivity contribution in [3.05, 3.63) is 90.0 Å². The molecule has 0 saturated carbocycles. The summed E-state index contributed by atoms with van der Waals surface area (Å²) in [6.07, 6.45) is 0. The van der Waals surface area contributed by atoms with Crippen molar-refractivity contribution < 1.29 is 0 Å². The Labute approximate surface area is 130 Å². The molecule has 0 aliphatic rings. The van der Waals surface area contributed by atoms with Gasteiger partial charge in [-0.15, -0.1) is 0 Å². The minimum atomic E-state index is 0.751. The van der Waals surface area contributed by atoms with Gasteiger partial charge >= 0.3 is 0 Å². The number of anilines is 1. The van der Waals surface area contributed by atoms with E-state index in [0.717, 1.165) is 21.7 Å². The molecule has 3 aromatic carbocycles. The quantitative estimate of drug-likeness (QED) is 0.429. The highest BCUT2D eigenvalue weighted by Gasteiger charge is 2.05. The second-order valence-corrected chi connectivity index (χ2v) is 5.30. The minimum absolute atomic E-state index is 0.751. The van der Waals surface area contributed by atoms with Gasteiger partial charge in [-0.3, -0.25) is 0 Å². The summed E-state index contributed by atoms with van der Waals surface area (Å²) in [6, 6.07) is 26.3. The van der Waals surface area contributed by atoms with E-state index in [1.807, 2.05) is 42.5 Å². The third kappa shape index (κ3) is 3.01. The molecule has 0 unspecified atom stereocenters. The molecule has 0 spiro atoms. The van der Waals surface area contributed by atoms with Crippen LogP contribution in [0.2, 0.25) is 0 Å². The van der Waals surface area contributed by atoms with E-state index in [2.05, 4.69) is 36.4 Å². The largest absolute Gasteiger partial charge is 0.399 e. The van der Waals surface area contributed by atoms with Crippen molar-refractivity contribution in [2.45, 2.75) is 0 Å². The third-order valence-corrected chi connectivity index (χ3v) is 3.90. The summed E-state index contributed by atoms with van der Waals surface area (Å²) in [5.41, 5.74) is 10.9. The van der Waals surface area contributed by atoms with E-state index in [1.54, 1.807) is 0 Å². The van der Waals surface area contributed by atoms with Gasteiger partial charge in [-0.05, 0) is 34.4 Å². The van der Waals surface area contributed by atoms with Gasteiger partial charge in [0.2, 0.25) is 0 Å². The fourth-order valence-electron chi connectivity index (χ4n) is 2.25. The summed E-state index contributed by atoms with van der Waals surface area (Å²) < 4.78 is 0. The second-order valence-electron chi connectivity index (χ2n) is 4.89. The summed E-state index contributed by atoms with van der Waals surface area (Å²) >= 11 is 5.55. The molecule has 0 aromatic heterocycles. The predicted molar refractivity (Wildman–Crippen MR) is 93.5 cm³/mol. The second kappa shape index (κ2) is 5.90. The molecular weight excluding hydrogens is 274 g/mol.